The first kappa shape index (κ1) is 13.5. The Balaban J connectivity index is 2.58. The summed E-state index contributed by atoms with van der Waals surface area (Å²) in [4.78, 5) is 22.5. The number of aliphatic carboxylic acids is 1. The Hall–Kier alpha value is -1.52. The van der Waals surface area contributed by atoms with Gasteiger partial charge >= 0.3 is 12.1 Å². The van der Waals surface area contributed by atoms with Crippen LogP contribution in [0.3, 0.4) is 0 Å². The summed E-state index contributed by atoms with van der Waals surface area (Å²) in [5.74, 6) is -1.51. The summed E-state index contributed by atoms with van der Waals surface area (Å²) < 4.78 is 5.09. The number of carbonyl (C=O) groups excluding carboxylic acids is 1. The molecule has 0 bridgehead atoms. The number of carbonyl (C=O) groups is 2. The first-order valence-electron chi connectivity index (χ1n) is 5.58. The van der Waals surface area contributed by atoms with Crippen LogP contribution in [-0.2, 0) is 9.53 Å². The summed E-state index contributed by atoms with van der Waals surface area (Å²) in [6.45, 7) is 9.04. The highest BCUT2D eigenvalue weighted by Gasteiger charge is 2.36. The van der Waals surface area contributed by atoms with Gasteiger partial charge in [0.05, 0.1) is 5.92 Å². The van der Waals surface area contributed by atoms with Crippen LogP contribution in [0.25, 0.3) is 0 Å². The molecule has 0 aromatic heterocycles. The second-order valence-corrected chi connectivity index (χ2v) is 5.36. The molecule has 1 aliphatic rings. The van der Waals surface area contributed by atoms with Crippen molar-refractivity contribution in [1.82, 2.24) is 5.32 Å². The number of hydrogen-bond acceptors (Lipinski definition) is 3. The third-order valence-corrected chi connectivity index (χ3v) is 2.52. The number of hydrogen-bond donors (Lipinski definition) is 2. The van der Waals surface area contributed by atoms with Crippen LogP contribution in [0.5, 0.6) is 0 Å². The van der Waals surface area contributed by atoms with Crippen LogP contribution in [0.4, 0.5) is 4.79 Å². The molecule has 1 saturated carbocycles. The van der Waals surface area contributed by atoms with Gasteiger partial charge in [0.2, 0.25) is 0 Å². The van der Waals surface area contributed by atoms with E-state index in [0.29, 0.717) is 12.8 Å². The van der Waals surface area contributed by atoms with Crippen molar-refractivity contribution in [2.75, 3.05) is 0 Å². The summed E-state index contributed by atoms with van der Waals surface area (Å²) in [6.07, 6.45) is 0.329. The molecule has 2 atom stereocenters. The summed E-state index contributed by atoms with van der Waals surface area (Å²) in [6, 6.07) is -0.421. The predicted molar refractivity (Wildman–Crippen MR) is 62.7 cm³/mol. The van der Waals surface area contributed by atoms with Crippen LogP contribution < -0.4 is 5.32 Å². The molecule has 1 fully saturated rings. The van der Waals surface area contributed by atoms with Gasteiger partial charge in [0.25, 0.3) is 0 Å². The van der Waals surface area contributed by atoms with Gasteiger partial charge in [0, 0.05) is 6.04 Å². The Kier molecular flexibility index (Phi) is 3.80. The van der Waals surface area contributed by atoms with Crippen molar-refractivity contribution < 1.29 is 19.4 Å². The van der Waals surface area contributed by atoms with Gasteiger partial charge in [-0.3, -0.25) is 4.79 Å². The van der Waals surface area contributed by atoms with E-state index >= 15 is 0 Å². The van der Waals surface area contributed by atoms with Crippen LogP contribution in [0.1, 0.15) is 33.6 Å². The third-order valence-electron chi connectivity index (χ3n) is 2.52. The lowest BCUT2D eigenvalue weighted by atomic mass is 10.0. The zero-order valence-electron chi connectivity index (χ0n) is 10.4. The predicted octanol–water partition coefficient (Wildman–Crippen LogP) is 1.93. The molecule has 0 unspecified atom stereocenters. The van der Waals surface area contributed by atoms with Crippen molar-refractivity contribution in [3.8, 4) is 0 Å². The third kappa shape index (κ3) is 4.09. The molecule has 1 amide bonds. The minimum absolute atomic E-state index is 0.412. The first-order chi connectivity index (χ1) is 7.69. The molecular weight excluding hydrogens is 222 g/mol. The minimum Gasteiger partial charge on any atom is -0.481 e. The summed E-state index contributed by atoms with van der Waals surface area (Å²) in [7, 11) is 0. The highest BCUT2D eigenvalue weighted by molar-refractivity contribution is 5.75. The molecule has 0 spiro atoms. The van der Waals surface area contributed by atoms with E-state index in [0.717, 1.165) is 5.57 Å². The van der Waals surface area contributed by atoms with E-state index in [1.165, 1.54) is 0 Å². The number of rotatable bonds is 2. The maximum absolute atomic E-state index is 11.5. The topological polar surface area (TPSA) is 75.6 Å². The van der Waals surface area contributed by atoms with Crippen LogP contribution >= 0.6 is 0 Å². The average Bonchev–Trinajstić information content (AvgIpc) is 2.42. The Bertz CT molecular complexity index is 343. The van der Waals surface area contributed by atoms with Crippen molar-refractivity contribution in [1.29, 1.82) is 0 Å². The van der Waals surface area contributed by atoms with Crippen LogP contribution in [-0.4, -0.2) is 28.8 Å². The quantitative estimate of drug-likeness (QED) is 0.724. The van der Waals surface area contributed by atoms with Gasteiger partial charge in [-0.05, 0) is 33.6 Å². The van der Waals surface area contributed by atoms with Gasteiger partial charge < -0.3 is 15.2 Å². The summed E-state index contributed by atoms with van der Waals surface area (Å²) in [5.41, 5.74) is 0.261. The molecule has 1 aliphatic carbocycles. The Morgan fingerprint density at radius 2 is 2.00 bits per heavy atom. The van der Waals surface area contributed by atoms with Crippen molar-refractivity contribution in [2.45, 2.75) is 45.3 Å². The van der Waals surface area contributed by atoms with E-state index in [4.69, 9.17) is 9.84 Å². The van der Waals surface area contributed by atoms with Crippen molar-refractivity contribution in [3.05, 3.63) is 12.2 Å². The fraction of sp³-hybridized carbons (Fsp3) is 0.667. The molecule has 2 N–H and O–H groups in total. The zero-order valence-corrected chi connectivity index (χ0v) is 10.4. The number of alkyl carbamates (subject to hydrolysis) is 1. The van der Waals surface area contributed by atoms with Gasteiger partial charge in [0.15, 0.2) is 0 Å². The fourth-order valence-corrected chi connectivity index (χ4v) is 1.86. The number of carboxylic acid groups (broad SMARTS) is 1. The monoisotopic (exact) mass is 241 g/mol. The van der Waals surface area contributed by atoms with Gasteiger partial charge in [0.1, 0.15) is 5.60 Å². The van der Waals surface area contributed by atoms with Gasteiger partial charge in [-0.15, -0.1) is 0 Å². The molecule has 0 aliphatic heterocycles. The molecule has 1 rings (SSSR count). The van der Waals surface area contributed by atoms with Gasteiger partial charge in [-0.25, -0.2) is 4.79 Å². The molecule has 0 saturated heterocycles. The Morgan fingerprint density at radius 3 is 2.47 bits per heavy atom. The molecule has 0 heterocycles. The molecule has 0 radical (unpaired) electrons. The van der Waals surface area contributed by atoms with Crippen LogP contribution in [0.2, 0.25) is 0 Å². The molecule has 17 heavy (non-hydrogen) atoms. The van der Waals surface area contributed by atoms with Crippen LogP contribution in [0.15, 0.2) is 12.2 Å². The normalized spacial score (nSPS) is 24.5. The SMILES string of the molecule is C=C1C[C@H](C(=O)O)[C@H](NC(=O)OC(C)(C)C)C1. The largest absolute Gasteiger partial charge is 0.481 e. The van der Waals surface area contributed by atoms with Crippen molar-refractivity contribution in [3.63, 3.8) is 0 Å². The lowest BCUT2D eigenvalue weighted by Crippen LogP contribution is -2.42. The zero-order chi connectivity index (χ0) is 13.2. The minimum atomic E-state index is -0.912. The number of ether oxygens (including phenoxy) is 1. The second kappa shape index (κ2) is 4.77. The standard InChI is InChI=1S/C12H19NO4/c1-7-5-8(10(14)15)9(6-7)13-11(16)17-12(2,3)4/h8-9H,1,5-6H2,2-4H3,(H,13,16)(H,14,15)/t8-,9+/m0/s1. The number of amides is 1. The molecular formula is C12H19NO4. The molecule has 0 aromatic rings. The van der Waals surface area contributed by atoms with E-state index in [2.05, 4.69) is 11.9 Å². The maximum Gasteiger partial charge on any atom is 0.407 e. The lowest BCUT2D eigenvalue weighted by molar-refractivity contribution is -0.142. The van der Waals surface area contributed by atoms with E-state index in [-0.39, 0.29) is 0 Å². The van der Waals surface area contributed by atoms with Crippen molar-refractivity contribution in [2.24, 2.45) is 5.92 Å². The molecule has 5 nitrogen and oxygen atoms in total. The average molecular weight is 241 g/mol. The molecule has 0 aromatic carbocycles. The number of carboxylic acids is 1. The van der Waals surface area contributed by atoms with Gasteiger partial charge in [-0.1, -0.05) is 12.2 Å². The molecule has 96 valence electrons. The Morgan fingerprint density at radius 1 is 1.41 bits per heavy atom. The highest BCUT2D eigenvalue weighted by atomic mass is 16.6. The van der Waals surface area contributed by atoms with E-state index in [1.807, 2.05) is 0 Å². The highest BCUT2D eigenvalue weighted by Crippen LogP contribution is 2.29. The number of nitrogens with one attached hydrogen (secondary N) is 1. The van der Waals surface area contributed by atoms with E-state index < -0.39 is 29.6 Å². The first-order valence-corrected chi connectivity index (χ1v) is 5.58. The smallest absolute Gasteiger partial charge is 0.407 e. The Labute approximate surface area is 101 Å². The summed E-state index contributed by atoms with van der Waals surface area (Å²) in [5, 5.41) is 11.6. The summed E-state index contributed by atoms with van der Waals surface area (Å²) >= 11 is 0. The maximum atomic E-state index is 11.5. The van der Waals surface area contributed by atoms with E-state index in [1.54, 1.807) is 20.8 Å². The lowest BCUT2D eigenvalue weighted by Gasteiger charge is -2.23. The fourth-order valence-electron chi connectivity index (χ4n) is 1.86. The van der Waals surface area contributed by atoms with Crippen molar-refractivity contribution >= 4 is 12.1 Å². The molecule has 5 heteroatoms. The second-order valence-electron chi connectivity index (χ2n) is 5.36. The van der Waals surface area contributed by atoms with E-state index in [9.17, 15) is 9.59 Å². The van der Waals surface area contributed by atoms with Crippen LogP contribution in [0, 0.1) is 5.92 Å². The van der Waals surface area contributed by atoms with Gasteiger partial charge in [-0.2, -0.15) is 0 Å².